The summed E-state index contributed by atoms with van der Waals surface area (Å²) in [7, 11) is 1.85. The summed E-state index contributed by atoms with van der Waals surface area (Å²) in [5.41, 5.74) is 1.07. The summed E-state index contributed by atoms with van der Waals surface area (Å²) in [6.45, 7) is 6.84. The fraction of sp³-hybridized carbons (Fsp3) is 0.667. The lowest BCUT2D eigenvalue weighted by Crippen LogP contribution is -2.29. The average molecular weight is 255 g/mol. The molecule has 0 radical (unpaired) electrons. The Bertz CT molecular complexity index is 368. The van der Waals surface area contributed by atoms with Crippen molar-refractivity contribution >= 4 is 22.4 Å². The number of hydrogen-bond acceptors (Lipinski definition) is 4. The second-order valence-corrected chi connectivity index (χ2v) is 6.09. The van der Waals surface area contributed by atoms with E-state index in [1.54, 1.807) is 11.3 Å². The van der Waals surface area contributed by atoms with Crippen molar-refractivity contribution in [2.24, 2.45) is 5.41 Å². The molecule has 0 atom stereocenters. The Morgan fingerprint density at radius 2 is 2.18 bits per heavy atom. The Hall–Kier alpha value is -1.10. The van der Waals surface area contributed by atoms with E-state index < -0.39 is 0 Å². The Balaban J connectivity index is 2.26. The molecule has 2 N–H and O–H groups in total. The molecule has 0 aliphatic rings. The van der Waals surface area contributed by atoms with E-state index in [-0.39, 0.29) is 11.3 Å². The molecule has 4 nitrogen and oxygen atoms in total. The van der Waals surface area contributed by atoms with Gasteiger partial charge < -0.3 is 10.6 Å². The number of hydrogen-bond donors (Lipinski definition) is 2. The van der Waals surface area contributed by atoms with Crippen molar-refractivity contribution in [1.82, 2.24) is 10.3 Å². The van der Waals surface area contributed by atoms with Crippen molar-refractivity contribution in [1.29, 1.82) is 0 Å². The molecule has 96 valence electrons. The third-order valence-corrected chi connectivity index (χ3v) is 3.07. The first kappa shape index (κ1) is 14.0. The van der Waals surface area contributed by atoms with Gasteiger partial charge in [-0.05, 0) is 5.41 Å². The van der Waals surface area contributed by atoms with E-state index in [4.69, 9.17) is 0 Å². The van der Waals surface area contributed by atoms with E-state index in [2.05, 4.69) is 36.4 Å². The fourth-order valence-electron chi connectivity index (χ4n) is 1.41. The number of nitrogens with zero attached hydrogens (tertiary/aromatic N) is 1. The van der Waals surface area contributed by atoms with Gasteiger partial charge in [0.2, 0.25) is 5.91 Å². The third-order valence-electron chi connectivity index (χ3n) is 2.16. The molecule has 1 rings (SSSR count). The van der Waals surface area contributed by atoms with Crippen LogP contribution >= 0.6 is 11.3 Å². The maximum absolute atomic E-state index is 11.6. The topological polar surface area (TPSA) is 54.0 Å². The normalized spacial score (nSPS) is 11.3. The van der Waals surface area contributed by atoms with Gasteiger partial charge in [0.05, 0.1) is 5.69 Å². The highest BCUT2D eigenvalue weighted by Gasteiger charge is 2.15. The Morgan fingerprint density at radius 3 is 2.71 bits per heavy atom. The standard InChI is InChI=1S/C12H21N3OS/c1-12(2,3)7-10(16)14-6-5-9-8-17-11(13-4)15-9/h8H,5-7H2,1-4H3,(H,13,15)(H,14,16). The summed E-state index contributed by atoms with van der Waals surface area (Å²) in [6, 6.07) is 0. The number of anilines is 1. The predicted octanol–water partition coefficient (Wildman–Crippen LogP) is 2.28. The lowest BCUT2D eigenvalue weighted by Gasteiger charge is -2.17. The van der Waals surface area contributed by atoms with E-state index in [0.29, 0.717) is 13.0 Å². The molecule has 0 saturated carbocycles. The number of amides is 1. The molecule has 1 aromatic heterocycles. The molecule has 1 amide bonds. The summed E-state index contributed by atoms with van der Waals surface area (Å²) in [6.07, 6.45) is 1.35. The number of thiazole rings is 1. The zero-order valence-electron chi connectivity index (χ0n) is 11.0. The van der Waals surface area contributed by atoms with Crippen molar-refractivity contribution in [3.63, 3.8) is 0 Å². The SMILES string of the molecule is CNc1nc(CCNC(=O)CC(C)(C)C)cs1. The van der Waals surface area contributed by atoms with Gasteiger partial charge in [-0.3, -0.25) is 4.79 Å². The van der Waals surface area contributed by atoms with Crippen LogP contribution in [0.5, 0.6) is 0 Å². The molecule has 0 aromatic carbocycles. The predicted molar refractivity (Wildman–Crippen MR) is 72.4 cm³/mol. The molecule has 1 aromatic rings. The van der Waals surface area contributed by atoms with Gasteiger partial charge in [-0.25, -0.2) is 4.98 Å². The van der Waals surface area contributed by atoms with Crippen LogP contribution in [0, 0.1) is 5.41 Å². The number of aromatic nitrogens is 1. The van der Waals surface area contributed by atoms with Crippen LogP contribution in [0.15, 0.2) is 5.38 Å². The van der Waals surface area contributed by atoms with Crippen LogP contribution in [0.1, 0.15) is 32.9 Å². The molecule has 5 heteroatoms. The third kappa shape index (κ3) is 5.68. The molecule has 0 unspecified atom stereocenters. The van der Waals surface area contributed by atoms with E-state index in [1.807, 2.05) is 12.4 Å². The fourth-order valence-corrected chi connectivity index (χ4v) is 2.12. The number of nitrogens with one attached hydrogen (secondary N) is 2. The van der Waals surface area contributed by atoms with E-state index in [1.165, 1.54) is 0 Å². The van der Waals surface area contributed by atoms with Crippen molar-refractivity contribution in [3.05, 3.63) is 11.1 Å². The minimum absolute atomic E-state index is 0.0456. The van der Waals surface area contributed by atoms with Gasteiger partial charge in [0.15, 0.2) is 5.13 Å². The lowest BCUT2D eigenvalue weighted by molar-refractivity contribution is -0.122. The minimum atomic E-state index is 0.0456. The van der Waals surface area contributed by atoms with Gasteiger partial charge in [-0.1, -0.05) is 20.8 Å². The molecule has 0 saturated heterocycles. The largest absolute Gasteiger partial charge is 0.365 e. The van der Waals surface area contributed by atoms with Crippen LogP contribution < -0.4 is 10.6 Å². The van der Waals surface area contributed by atoms with Crippen LogP contribution in [0.4, 0.5) is 5.13 Å². The van der Waals surface area contributed by atoms with Crippen molar-refractivity contribution in [3.8, 4) is 0 Å². The summed E-state index contributed by atoms with van der Waals surface area (Å²) in [4.78, 5) is 15.9. The van der Waals surface area contributed by atoms with Crippen LogP contribution in [0.2, 0.25) is 0 Å². The van der Waals surface area contributed by atoms with Gasteiger partial charge >= 0.3 is 0 Å². The molecule has 0 spiro atoms. The average Bonchev–Trinajstić information content (AvgIpc) is 2.63. The quantitative estimate of drug-likeness (QED) is 0.848. The van der Waals surface area contributed by atoms with E-state index in [9.17, 15) is 4.79 Å². The second-order valence-electron chi connectivity index (χ2n) is 5.23. The Morgan fingerprint density at radius 1 is 1.47 bits per heavy atom. The second kappa shape index (κ2) is 6.00. The van der Waals surface area contributed by atoms with E-state index in [0.717, 1.165) is 17.2 Å². The Kier molecular flexibility index (Phi) is 4.93. The highest BCUT2D eigenvalue weighted by Crippen LogP contribution is 2.18. The first-order valence-corrected chi connectivity index (χ1v) is 6.67. The maximum Gasteiger partial charge on any atom is 0.220 e. The Labute approximate surface area is 107 Å². The van der Waals surface area contributed by atoms with Crippen LogP contribution in [0.25, 0.3) is 0 Å². The lowest BCUT2D eigenvalue weighted by atomic mass is 9.92. The van der Waals surface area contributed by atoms with E-state index >= 15 is 0 Å². The highest BCUT2D eigenvalue weighted by molar-refractivity contribution is 7.13. The molecule has 0 aliphatic heterocycles. The summed E-state index contributed by atoms with van der Waals surface area (Å²) >= 11 is 1.58. The van der Waals surface area contributed by atoms with Crippen LogP contribution in [-0.4, -0.2) is 24.5 Å². The zero-order valence-corrected chi connectivity index (χ0v) is 11.8. The summed E-state index contributed by atoms with van der Waals surface area (Å²) < 4.78 is 0. The first-order valence-electron chi connectivity index (χ1n) is 5.79. The van der Waals surface area contributed by atoms with Crippen molar-refractivity contribution in [2.75, 3.05) is 18.9 Å². The minimum Gasteiger partial charge on any atom is -0.365 e. The summed E-state index contributed by atoms with van der Waals surface area (Å²) in [5, 5.41) is 8.85. The number of carbonyl (C=O) groups excluding carboxylic acids is 1. The summed E-state index contributed by atoms with van der Waals surface area (Å²) in [5.74, 6) is 0.113. The number of rotatable bonds is 5. The smallest absolute Gasteiger partial charge is 0.220 e. The van der Waals surface area contributed by atoms with Gasteiger partial charge in [0, 0.05) is 31.8 Å². The van der Waals surface area contributed by atoms with Gasteiger partial charge in [0.1, 0.15) is 0 Å². The van der Waals surface area contributed by atoms with Gasteiger partial charge in [-0.15, -0.1) is 11.3 Å². The highest BCUT2D eigenvalue weighted by atomic mass is 32.1. The molecular formula is C12H21N3OS. The van der Waals surface area contributed by atoms with Crippen LogP contribution in [0.3, 0.4) is 0 Å². The van der Waals surface area contributed by atoms with Crippen LogP contribution in [-0.2, 0) is 11.2 Å². The van der Waals surface area contributed by atoms with Gasteiger partial charge in [0.25, 0.3) is 0 Å². The molecule has 0 fully saturated rings. The van der Waals surface area contributed by atoms with Gasteiger partial charge in [-0.2, -0.15) is 0 Å². The molecule has 0 bridgehead atoms. The first-order chi connectivity index (χ1) is 7.90. The van der Waals surface area contributed by atoms with Crippen molar-refractivity contribution < 1.29 is 4.79 Å². The zero-order chi connectivity index (χ0) is 12.9. The molecule has 0 aliphatic carbocycles. The maximum atomic E-state index is 11.6. The number of carbonyl (C=O) groups is 1. The monoisotopic (exact) mass is 255 g/mol. The van der Waals surface area contributed by atoms with Crippen molar-refractivity contribution in [2.45, 2.75) is 33.6 Å². The molecule has 1 heterocycles. The molecule has 17 heavy (non-hydrogen) atoms. The molecular weight excluding hydrogens is 234 g/mol.